The first-order chi connectivity index (χ1) is 15.7. The minimum Gasteiger partial charge on any atom is -0.486 e. The van der Waals surface area contributed by atoms with E-state index in [0.29, 0.717) is 22.7 Å². The first-order valence-electron chi connectivity index (χ1n) is 10.9. The fourth-order valence-corrected chi connectivity index (χ4v) is 4.78. The number of aromatic nitrogens is 2. The van der Waals surface area contributed by atoms with Crippen LogP contribution in [0.25, 0.3) is 22.0 Å². The molecule has 4 aromatic rings. The maximum absolute atomic E-state index is 12.5. The molecule has 0 aliphatic rings. The normalized spacial score (nSPS) is 12.2. The number of fused-ring (bicyclic) bond motifs is 2. The van der Waals surface area contributed by atoms with Gasteiger partial charge in [-0.1, -0.05) is 13.8 Å². The van der Waals surface area contributed by atoms with Crippen molar-refractivity contribution in [3.8, 4) is 5.75 Å². The largest absolute Gasteiger partial charge is 0.486 e. The van der Waals surface area contributed by atoms with Crippen LogP contribution in [0.5, 0.6) is 5.75 Å². The van der Waals surface area contributed by atoms with E-state index < -0.39 is 10.0 Å². The van der Waals surface area contributed by atoms with Crippen LogP contribution >= 0.6 is 0 Å². The third kappa shape index (κ3) is 4.38. The molecule has 2 aromatic heterocycles. The van der Waals surface area contributed by atoms with Crippen molar-refractivity contribution >= 4 is 32.0 Å². The Balaban J connectivity index is 1.68. The molecule has 174 valence electrons. The van der Waals surface area contributed by atoms with E-state index in [0.717, 1.165) is 35.9 Å². The molecule has 0 atom stereocenters. The Morgan fingerprint density at radius 3 is 2.58 bits per heavy atom. The molecule has 0 radical (unpaired) electrons. The zero-order valence-electron chi connectivity index (χ0n) is 19.2. The van der Waals surface area contributed by atoms with Gasteiger partial charge in [0.2, 0.25) is 10.0 Å². The summed E-state index contributed by atoms with van der Waals surface area (Å²) in [7, 11) is -0.546. The Labute approximate surface area is 192 Å². The fraction of sp³-hybridized carbons (Fsp3) is 0.333. The topological polar surface area (TPSA) is 94.6 Å². The summed E-state index contributed by atoms with van der Waals surface area (Å²) >= 11 is 0. The second kappa shape index (κ2) is 8.99. The number of benzene rings is 2. The lowest BCUT2D eigenvalue weighted by atomic mass is 10.1. The average Bonchev–Trinajstić information content (AvgIpc) is 3.13. The van der Waals surface area contributed by atoms with Crippen molar-refractivity contribution in [3.05, 3.63) is 64.3 Å². The van der Waals surface area contributed by atoms with E-state index in [2.05, 4.69) is 11.9 Å². The van der Waals surface area contributed by atoms with E-state index in [1.165, 1.54) is 24.5 Å². The molecular formula is C24H27N3O5S. The van der Waals surface area contributed by atoms with Gasteiger partial charge in [-0.05, 0) is 48.7 Å². The number of sulfonamides is 1. The van der Waals surface area contributed by atoms with Crippen LogP contribution in [0.15, 0.2) is 56.6 Å². The molecule has 9 heteroatoms. The SMILES string of the molecule is CCCn1c(COc2ccc3c(CC)cc(=O)oc3c2)nc2cc(S(=O)(=O)N(C)C)ccc21. The highest BCUT2D eigenvalue weighted by atomic mass is 32.2. The molecule has 2 heterocycles. The number of imidazole rings is 1. The molecule has 33 heavy (non-hydrogen) atoms. The second-order valence-electron chi connectivity index (χ2n) is 8.01. The summed E-state index contributed by atoms with van der Waals surface area (Å²) < 4.78 is 39.6. The Kier molecular flexibility index (Phi) is 6.27. The van der Waals surface area contributed by atoms with Gasteiger partial charge in [-0.25, -0.2) is 22.5 Å². The molecule has 0 N–H and O–H groups in total. The van der Waals surface area contributed by atoms with E-state index in [4.69, 9.17) is 9.15 Å². The summed E-state index contributed by atoms with van der Waals surface area (Å²) in [4.78, 5) is 16.7. The maximum atomic E-state index is 12.5. The van der Waals surface area contributed by atoms with Crippen molar-refractivity contribution in [2.24, 2.45) is 0 Å². The van der Waals surface area contributed by atoms with Gasteiger partial charge in [0.1, 0.15) is 23.8 Å². The summed E-state index contributed by atoms with van der Waals surface area (Å²) in [5.41, 5.74) is 2.48. The summed E-state index contributed by atoms with van der Waals surface area (Å²) in [5, 5.41) is 0.886. The number of hydrogen-bond donors (Lipinski definition) is 0. The highest BCUT2D eigenvalue weighted by Crippen LogP contribution is 2.26. The van der Waals surface area contributed by atoms with Crippen molar-refractivity contribution in [1.82, 2.24) is 13.9 Å². The van der Waals surface area contributed by atoms with Gasteiger partial charge in [-0.3, -0.25) is 0 Å². The third-order valence-corrected chi connectivity index (χ3v) is 7.39. The standard InChI is InChI=1S/C24H27N3O5S/c1-5-11-27-21-10-8-18(33(29,30)26(3)4)14-20(21)25-23(27)15-31-17-7-9-19-16(6-2)12-24(28)32-22(19)13-17/h7-10,12-14H,5-6,11,15H2,1-4H3. The molecule has 2 aromatic carbocycles. The van der Waals surface area contributed by atoms with E-state index in [1.807, 2.05) is 23.6 Å². The van der Waals surface area contributed by atoms with E-state index in [-0.39, 0.29) is 17.1 Å². The first kappa shape index (κ1) is 23.0. The summed E-state index contributed by atoms with van der Waals surface area (Å²) in [6, 6.07) is 11.9. The highest BCUT2D eigenvalue weighted by Gasteiger charge is 2.20. The third-order valence-electron chi connectivity index (χ3n) is 5.58. The monoisotopic (exact) mass is 469 g/mol. The van der Waals surface area contributed by atoms with Crippen molar-refractivity contribution in [3.63, 3.8) is 0 Å². The molecule has 0 spiro atoms. The molecule has 0 amide bonds. The molecule has 4 rings (SSSR count). The lowest BCUT2D eigenvalue weighted by Crippen LogP contribution is -2.22. The summed E-state index contributed by atoms with van der Waals surface area (Å²) in [6.45, 7) is 4.97. The zero-order chi connectivity index (χ0) is 23.8. The van der Waals surface area contributed by atoms with Gasteiger partial charge < -0.3 is 13.7 Å². The van der Waals surface area contributed by atoms with E-state index in [9.17, 15) is 13.2 Å². The van der Waals surface area contributed by atoms with Crippen LogP contribution in [0.2, 0.25) is 0 Å². The van der Waals surface area contributed by atoms with Gasteiger partial charge in [0.25, 0.3) is 0 Å². The van der Waals surface area contributed by atoms with Crippen LogP contribution in [0.4, 0.5) is 0 Å². The minimum absolute atomic E-state index is 0.188. The van der Waals surface area contributed by atoms with Gasteiger partial charge >= 0.3 is 5.63 Å². The molecule has 0 unspecified atom stereocenters. The van der Waals surface area contributed by atoms with Crippen LogP contribution in [-0.2, 0) is 29.6 Å². The van der Waals surface area contributed by atoms with Gasteiger partial charge in [-0.15, -0.1) is 0 Å². The first-order valence-corrected chi connectivity index (χ1v) is 12.3. The number of hydrogen-bond acceptors (Lipinski definition) is 6. The number of ether oxygens (including phenoxy) is 1. The maximum Gasteiger partial charge on any atom is 0.336 e. The number of nitrogens with zero attached hydrogens (tertiary/aromatic N) is 3. The van der Waals surface area contributed by atoms with E-state index >= 15 is 0 Å². The fourth-order valence-electron chi connectivity index (χ4n) is 3.85. The Morgan fingerprint density at radius 1 is 1.09 bits per heavy atom. The smallest absolute Gasteiger partial charge is 0.336 e. The van der Waals surface area contributed by atoms with Crippen LogP contribution < -0.4 is 10.4 Å². The predicted molar refractivity (Wildman–Crippen MR) is 127 cm³/mol. The minimum atomic E-state index is -3.55. The molecule has 0 saturated carbocycles. The van der Waals surface area contributed by atoms with Gasteiger partial charge in [0, 0.05) is 38.2 Å². The van der Waals surface area contributed by atoms with Gasteiger partial charge in [0.15, 0.2) is 0 Å². The van der Waals surface area contributed by atoms with Crippen LogP contribution in [0.1, 0.15) is 31.7 Å². The quantitative estimate of drug-likeness (QED) is 0.363. The number of rotatable bonds is 8. The molecule has 0 aliphatic heterocycles. The van der Waals surface area contributed by atoms with Crippen LogP contribution in [0, 0.1) is 0 Å². The highest BCUT2D eigenvalue weighted by molar-refractivity contribution is 7.89. The van der Waals surface area contributed by atoms with Crippen molar-refractivity contribution < 1.29 is 17.6 Å². The average molecular weight is 470 g/mol. The molecule has 8 nitrogen and oxygen atoms in total. The van der Waals surface area contributed by atoms with Crippen molar-refractivity contribution in [2.45, 2.75) is 44.7 Å². The Hall–Kier alpha value is -3.17. The van der Waals surface area contributed by atoms with Crippen LogP contribution in [-0.4, -0.2) is 36.4 Å². The Morgan fingerprint density at radius 2 is 1.88 bits per heavy atom. The molecule has 0 aliphatic carbocycles. The summed E-state index contributed by atoms with van der Waals surface area (Å²) in [6.07, 6.45) is 1.62. The Bertz CT molecular complexity index is 1490. The van der Waals surface area contributed by atoms with Gasteiger partial charge in [-0.2, -0.15) is 0 Å². The summed E-state index contributed by atoms with van der Waals surface area (Å²) in [5.74, 6) is 1.25. The zero-order valence-corrected chi connectivity index (χ0v) is 20.0. The second-order valence-corrected chi connectivity index (χ2v) is 10.2. The van der Waals surface area contributed by atoms with Crippen LogP contribution in [0.3, 0.4) is 0 Å². The number of aryl methyl sites for hydroxylation is 2. The molecule has 0 bridgehead atoms. The van der Waals surface area contributed by atoms with Crippen molar-refractivity contribution in [2.75, 3.05) is 14.1 Å². The lowest BCUT2D eigenvalue weighted by molar-refractivity contribution is 0.290. The van der Waals surface area contributed by atoms with E-state index in [1.54, 1.807) is 24.3 Å². The lowest BCUT2D eigenvalue weighted by Gasteiger charge is -2.12. The molecule has 0 fully saturated rings. The molecule has 0 saturated heterocycles. The predicted octanol–water partition coefficient (Wildman–Crippen LogP) is 3.94. The molecular weight excluding hydrogens is 442 g/mol. The van der Waals surface area contributed by atoms with Gasteiger partial charge in [0.05, 0.1) is 15.9 Å². The van der Waals surface area contributed by atoms with Crippen molar-refractivity contribution in [1.29, 1.82) is 0 Å².